The first-order valence-corrected chi connectivity index (χ1v) is 10.6. The standard InChI is InChI=1S/C25H27N3O4/c1-15(2)18-8-10-19(11-9-18)28-16(3)13-20(17(28)4)21(29)14-27-23(30)25(5,26-24(27)31)22-7-6-12-32-22/h6-13,15H,14H2,1-5H3,(H,26,31). The Morgan fingerprint density at radius 2 is 1.81 bits per heavy atom. The highest BCUT2D eigenvalue weighted by Gasteiger charge is 2.51. The van der Waals surface area contributed by atoms with Crippen LogP contribution in [0.3, 0.4) is 0 Å². The van der Waals surface area contributed by atoms with Crippen molar-refractivity contribution in [3.05, 3.63) is 77.0 Å². The number of furan rings is 1. The van der Waals surface area contributed by atoms with Crippen molar-refractivity contribution >= 4 is 17.7 Å². The average Bonchev–Trinajstić information content (AvgIpc) is 3.44. The van der Waals surface area contributed by atoms with Crippen molar-refractivity contribution in [2.75, 3.05) is 6.54 Å². The first kappa shape index (κ1) is 21.6. The number of nitrogens with one attached hydrogen (secondary N) is 1. The number of hydrogen-bond acceptors (Lipinski definition) is 4. The van der Waals surface area contributed by atoms with Gasteiger partial charge in [0.2, 0.25) is 0 Å². The number of aromatic nitrogens is 1. The molecule has 0 spiro atoms. The van der Waals surface area contributed by atoms with Gasteiger partial charge in [-0.25, -0.2) is 4.79 Å². The summed E-state index contributed by atoms with van der Waals surface area (Å²) in [4.78, 5) is 39.6. The number of carbonyl (C=O) groups excluding carboxylic acids is 3. The fraction of sp³-hybridized carbons (Fsp3) is 0.320. The van der Waals surface area contributed by atoms with Gasteiger partial charge in [-0.3, -0.25) is 14.5 Å². The molecule has 1 aliphatic rings. The third-order valence-electron chi connectivity index (χ3n) is 6.14. The molecule has 166 valence electrons. The lowest BCUT2D eigenvalue weighted by Crippen LogP contribution is -2.41. The first-order valence-electron chi connectivity index (χ1n) is 10.6. The minimum absolute atomic E-state index is 0.296. The van der Waals surface area contributed by atoms with E-state index in [2.05, 4.69) is 31.3 Å². The molecule has 2 aromatic heterocycles. The van der Waals surface area contributed by atoms with Crippen LogP contribution in [-0.4, -0.2) is 33.7 Å². The van der Waals surface area contributed by atoms with E-state index in [0.29, 0.717) is 17.2 Å². The number of Topliss-reactive ketones (excluding diaryl/α,β-unsaturated/α-hetero) is 1. The number of ketones is 1. The number of aryl methyl sites for hydroxylation is 1. The van der Waals surface area contributed by atoms with Crippen molar-refractivity contribution in [3.63, 3.8) is 0 Å². The highest BCUT2D eigenvalue weighted by atomic mass is 16.3. The van der Waals surface area contributed by atoms with Crippen molar-refractivity contribution in [3.8, 4) is 5.69 Å². The van der Waals surface area contributed by atoms with Gasteiger partial charge < -0.3 is 14.3 Å². The van der Waals surface area contributed by atoms with Crippen LogP contribution in [0.5, 0.6) is 0 Å². The number of nitrogens with zero attached hydrogens (tertiary/aromatic N) is 2. The zero-order valence-electron chi connectivity index (χ0n) is 18.9. The van der Waals surface area contributed by atoms with Crippen LogP contribution in [0.2, 0.25) is 0 Å². The van der Waals surface area contributed by atoms with E-state index in [9.17, 15) is 14.4 Å². The Labute approximate surface area is 187 Å². The molecule has 0 bridgehead atoms. The number of hydrogen-bond donors (Lipinski definition) is 1. The Morgan fingerprint density at radius 3 is 2.41 bits per heavy atom. The zero-order valence-corrected chi connectivity index (χ0v) is 18.9. The van der Waals surface area contributed by atoms with Gasteiger partial charge in [0.15, 0.2) is 11.3 Å². The SMILES string of the molecule is Cc1cc(C(=O)CN2C(=O)NC(C)(c3ccco3)C2=O)c(C)n1-c1ccc(C(C)C)cc1. The van der Waals surface area contributed by atoms with Crippen LogP contribution in [0.1, 0.15) is 59.8 Å². The number of amides is 3. The predicted molar refractivity (Wildman–Crippen MR) is 120 cm³/mol. The third kappa shape index (κ3) is 3.43. The highest BCUT2D eigenvalue weighted by molar-refractivity contribution is 6.11. The second-order valence-electron chi connectivity index (χ2n) is 8.71. The summed E-state index contributed by atoms with van der Waals surface area (Å²) in [5, 5.41) is 2.65. The summed E-state index contributed by atoms with van der Waals surface area (Å²) >= 11 is 0. The Hall–Kier alpha value is -3.61. The van der Waals surface area contributed by atoms with E-state index in [-0.39, 0.29) is 12.3 Å². The number of urea groups is 1. The van der Waals surface area contributed by atoms with E-state index in [1.165, 1.54) is 11.8 Å². The van der Waals surface area contributed by atoms with E-state index < -0.39 is 17.5 Å². The van der Waals surface area contributed by atoms with Crippen LogP contribution in [-0.2, 0) is 10.3 Å². The molecule has 1 unspecified atom stereocenters. The smallest absolute Gasteiger partial charge is 0.325 e. The van der Waals surface area contributed by atoms with Crippen molar-refractivity contribution < 1.29 is 18.8 Å². The average molecular weight is 434 g/mol. The molecule has 0 aliphatic carbocycles. The monoisotopic (exact) mass is 433 g/mol. The van der Waals surface area contributed by atoms with E-state index in [1.807, 2.05) is 30.5 Å². The van der Waals surface area contributed by atoms with Crippen LogP contribution in [0.4, 0.5) is 4.79 Å². The van der Waals surface area contributed by atoms with Crippen LogP contribution in [0.25, 0.3) is 5.69 Å². The predicted octanol–water partition coefficient (Wildman–Crippen LogP) is 4.46. The summed E-state index contributed by atoms with van der Waals surface area (Å²) in [6.07, 6.45) is 1.44. The molecule has 3 amide bonds. The van der Waals surface area contributed by atoms with Crippen molar-refractivity contribution in [1.29, 1.82) is 0 Å². The summed E-state index contributed by atoms with van der Waals surface area (Å²) in [6, 6.07) is 12.7. The minimum atomic E-state index is -1.32. The van der Waals surface area contributed by atoms with Crippen molar-refractivity contribution in [1.82, 2.24) is 14.8 Å². The number of rotatable bonds is 6. The molecule has 0 radical (unpaired) electrons. The van der Waals surface area contributed by atoms with Crippen LogP contribution in [0.15, 0.2) is 53.1 Å². The lowest BCUT2D eigenvalue weighted by molar-refractivity contribution is -0.131. The zero-order chi connectivity index (χ0) is 23.2. The molecular weight excluding hydrogens is 406 g/mol. The molecule has 1 aromatic carbocycles. The number of benzene rings is 1. The highest BCUT2D eigenvalue weighted by Crippen LogP contribution is 2.30. The topological polar surface area (TPSA) is 84.6 Å². The Morgan fingerprint density at radius 1 is 1.12 bits per heavy atom. The second kappa shape index (κ2) is 7.82. The van der Waals surface area contributed by atoms with Gasteiger partial charge in [-0.1, -0.05) is 26.0 Å². The lowest BCUT2D eigenvalue weighted by Gasteiger charge is -2.18. The second-order valence-corrected chi connectivity index (χ2v) is 8.71. The van der Waals surface area contributed by atoms with E-state index in [1.54, 1.807) is 25.1 Å². The molecule has 4 rings (SSSR count). The maximum Gasteiger partial charge on any atom is 0.325 e. The van der Waals surface area contributed by atoms with E-state index in [0.717, 1.165) is 22.0 Å². The summed E-state index contributed by atoms with van der Waals surface area (Å²) < 4.78 is 7.35. The molecule has 1 saturated heterocycles. The molecule has 0 saturated carbocycles. The molecule has 1 N–H and O–H groups in total. The van der Waals surface area contributed by atoms with Crippen LogP contribution >= 0.6 is 0 Å². The molecule has 7 nitrogen and oxygen atoms in total. The quantitative estimate of drug-likeness (QED) is 0.459. The van der Waals surface area contributed by atoms with Crippen molar-refractivity contribution in [2.24, 2.45) is 0 Å². The lowest BCUT2D eigenvalue weighted by atomic mass is 9.99. The Balaban J connectivity index is 1.59. The first-order chi connectivity index (χ1) is 15.1. The summed E-state index contributed by atoms with van der Waals surface area (Å²) in [6.45, 7) is 9.33. The summed E-state index contributed by atoms with van der Waals surface area (Å²) in [5.74, 6) is -0.0444. The van der Waals surface area contributed by atoms with Crippen LogP contribution in [0, 0.1) is 13.8 Å². The molecule has 1 aliphatic heterocycles. The normalized spacial score (nSPS) is 18.5. The molecule has 3 aromatic rings. The molecular formula is C25H27N3O4. The maximum absolute atomic E-state index is 13.1. The van der Waals surface area contributed by atoms with E-state index in [4.69, 9.17) is 4.42 Å². The van der Waals surface area contributed by atoms with Gasteiger partial charge >= 0.3 is 6.03 Å². The van der Waals surface area contributed by atoms with Gasteiger partial charge in [-0.2, -0.15) is 0 Å². The van der Waals surface area contributed by atoms with E-state index >= 15 is 0 Å². The Kier molecular flexibility index (Phi) is 5.28. The van der Waals surface area contributed by atoms with Crippen molar-refractivity contribution in [2.45, 2.75) is 46.1 Å². The number of carbonyl (C=O) groups is 3. The van der Waals surface area contributed by atoms with Gasteiger partial charge in [0.05, 0.1) is 12.8 Å². The molecule has 7 heteroatoms. The van der Waals surface area contributed by atoms with Gasteiger partial charge in [0, 0.05) is 22.6 Å². The third-order valence-corrected chi connectivity index (χ3v) is 6.14. The summed E-state index contributed by atoms with van der Waals surface area (Å²) in [7, 11) is 0. The number of imide groups is 1. The van der Waals surface area contributed by atoms with Gasteiger partial charge in [-0.15, -0.1) is 0 Å². The largest absolute Gasteiger partial charge is 0.466 e. The molecule has 32 heavy (non-hydrogen) atoms. The summed E-state index contributed by atoms with van der Waals surface area (Å²) in [5.41, 5.74) is 3.04. The molecule has 3 heterocycles. The molecule has 1 atom stereocenters. The Bertz CT molecular complexity index is 1190. The van der Waals surface area contributed by atoms with Crippen LogP contribution < -0.4 is 5.32 Å². The van der Waals surface area contributed by atoms with Gasteiger partial charge in [0.25, 0.3) is 5.91 Å². The fourth-order valence-electron chi connectivity index (χ4n) is 4.25. The van der Waals surface area contributed by atoms with Gasteiger partial charge in [0.1, 0.15) is 5.76 Å². The molecule has 1 fully saturated rings. The minimum Gasteiger partial charge on any atom is -0.466 e. The van der Waals surface area contributed by atoms with Gasteiger partial charge in [-0.05, 0) is 62.6 Å². The maximum atomic E-state index is 13.1. The fourth-order valence-corrected chi connectivity index (χ4v) is 4.25.